The van der Waals surface area contributed by atoms with Crippen LogP contribution in [-0.4, -0.2) is 64.0 Å². The third-order valence-corrected chi connectivity index (χ3v) is 5.80. The molecular weight excluding hydrogens is 416 g/mol. The van der Waals surface area contributed by atoms with Crippen molar-refractivity contribution in [1.82, 2.24) is 15.1 Å². The first-order valence-corrected chi connectivity index (χ1v) is 10.7. The Morgan fingerprint density at radius 2 is 1.75 bits per heavy atom. The van der Waals surface area contributed by atoms with Crippen LogP contribution in [-0.2, 0) is 9.59 Å². The molecule has 4 amide bonds. The molecule has 0 unspecified atom stereocenters. The normalized spacial score (nSPS) is 16.8. The quantitative estimate of drug-likeness (QED) is 0.406. The molecule has 0 saturated carbocycles. The van der Waals surface area contributed by atoms with E-state index in [2.05, 4.69) is 5.32 Å². The highest BCUT2D eigenvalue weighted by molar-refractivity contribution is 6.21. The zero-order chi connectivity index (χ0) is 23.6. The summed E-state index contributed by atoms with van der Waals surface area (Å²) in [4.78, 5) is 62.7. The number of likely N-dealkylation sites (tertiary alicyclic amines) is 1. The smallest absolute Gasteiger partial charge is 0.270 e. The van der Waals surface area contributed by atoms with Gasteiger partial charge in [-0.2, -0.15) is 0 Å². The average Bonchev–Trinajstić information content (AvgIpc) is 2.97. The molecule has 0 aliphatic carbocycles. The van der Waals surface area contributed by atoms with Crippen LogP contribution in [0.3, 0.4) is 0 Å². The fourth-order valence-corrected chi connectivity index (χ4v) is 3.82. The first-order chi connectivity index (χ1) is 15.0. The molecular formula is C22H28N4O6. The minimum absolute atomic E-state index is 0.00597. The van der Waals surface area contributed by atoms with Gasteiger partial charge in [0.25, 0.3) is 17.5 Å². The molecule has 1 saturated heterocycles. The van der Waals surface area contributed by atoms with E-state index in [1.165, 1.54) is 12.1 Å². The summed E-state index contributed by atoms with van der Waals surface area (Å²) in [7, 11) is 0. The summed E-state index contributed by atoms with van der Waals surface area (Å²) in [5, 5.41) is 13.9. The second-order valence-corrected chi connectivity index (χ2v) is 9.23. The third-order valence-electron chi connectivity index (χ3n) is 5.80. The predicted octanol–water partition coefficient (Wildman–Crippen LogP) is 2.12. The molecule has 32 heavy (non-hydrogen) atoms. The number of amides is 4. The molecule has 2 heterocycles. The molecule has 1 N–H and O–H groups in total. The molecule has 10 nitrogen and oxygen atoms in total. The van der Waals surface area contributed by atoms with Gasteiger partial charge in [0.2, 0.25) is 11.8 Å². The molecule has 2 aliphatic rings. The lowest BCUT2D eigenvalue weighted by Crippen LogP contribution is -2.49. The van der Waals surface area contributed by atoms with Gasteiger partial charge in [-0.05, 0) is 25.3 Å². The van der Waals surface area contributed by atoms with Gasteiger partial charge < -0.3 is 10.2 Å². The topological polar surface area (TPSA) is 130 Å². The van der Waals surface area contributed by atoms with Gasteiger partial charge in [-0.15, -0.1) is 0 Å². The van der Waals surface area contributed by atoms with Crippen molar-refractivity contribution >= 4 is 29.3 Å². The fraction of sp³-hybridized carbons (Fsp3) is 0.545. The van der Waals surface area contributed by atoms with E-state index >= 15 is 0 Å². The number of nitrogens with zero attached hydrogens (tertiary/aromatic N) is 3. The van der Waals surface area contributed by atoms with E-state index < -0.39 is 22.2 Å². The van der Waals surface area contributed by atoms with E-state index in [-0.39, 0.29) is 47.6 Å². The number of carbonyl (C=O) groups excluding carboxylic acids is 4. The maximum atomic E-state index is 12.5. The van der Waals surface area contributed by atoms with Crippen LogP contribution in [0.25, 0.3) is 0 Å². The molecule has 3 rings (SSSR count). The van der Waals surface area contributed by atoms with Gasteiger partial charge in [0, 0.05) is 49.6 Å². The van der Waals surface area contributed by atoms with Crippen molar-refractivity contribution in [2.24, 2.45) is 5.41 Å². The Bertz CT molecular complexity index is 960. The largest absolute Gasteiger partial charge is 0.353 e. The third kappa shape index (κ3) is 4.95. The highest BCUT2D eigenvalue weighted by atomic mass is 16.6. The molecule has 1 aromatic carbocycles. The van der Waals surface area contributed by atoms with Crippen LogP contribution in [0.15, 0.2) is 18.2 Å². The lowest BCUT2D eigenvalue weighted by molar-refractivity contribution is -0.384. The van der Waals surface area contributed by atoms with Crippen molar-refractivity contribution in [3.63, 3.8) is 0 Å². The summed E-state index contributed by atoms with van der Waals surface area (Å²) in [6.45, 7) is 6.74. The van der Waals surface area contributed by atoms with Crippen LogP contribution in [0.2, 0.25) is 0 Å². The standard InChI is InChI=1S/C22H28N4O6/c1-22(2,3)21(30)23-14-8-11-24(12-9-14)18(27)5-4-10-25-19(28)16-7-6-15(26(31)32)13-17(16)20(25)29/h6-7,13-14H,4-5,8-12H2,1-3H3,(H,23,30). The zero-order valence-electron chi connectivity index (χ0n) is 18.6. The number of piperidine rings is 1. The molecule has 10 heteroatoms. The number of rotatable bonds is 6. The summed E-state index contributed by atoms with van der Waals surface area (Å²) in [6, 6.07) is 3.66. The molecule has 0 aromatic heterocycles. The molecule has 172 valence electrons. The number of nitrogens with one attached hydrogen (secondary N) is 1. The lowest BCUT2D eigenvalue weighted by Gasteiger charge is -2.34. The van der Waals surface area contributed by atoms with Crippen LogP contribution in [0.5, 0.6) is 0 Å². The van der Waals surface area contributed by atoms with Crippen molar-refractivity contribution < 1.29 is 24.1 Å². The predicted molar refractivity (Wildman–Crippen MR) is 115 cm³/mol. The van der Waals surface area contributed by atoms with Gasteiger partial charge in [0.15, 0.2) is 0 Å². The Hall–Kier alpha value is -3.30. The van der Waals surface area contributed by atoms with Gasteiger partial charge in [-0.1, -0.05) is 20.8 Å². The van der Waals surface area contributed by atoms with E-state index in [0.717, 1.165) is 11.0 Å². The molecule has 2 aliphatic heterocycles. The summed E-state index contributed by atoms with van der Waals surface area (Å²) in [5.41, 5.74) is -0.535. The molecule has 1 fully saturated rings. The highest BCUT2D eigenvalue weighted by Gasteiger charge is 2.36. The van der Waals surface area contributed by atoms with E-state index in [4.69, 9.17) is 0 Å². The van der Waals surface area contributed by atoms with Gasteiger partial charge >= 0.3 is 0 Å². The van der Waals surface area contributed by atoms with Crippen LogP contribution >= 0.6 is 0 Å². The van der Waals surface area contributed by atoms with Crippen molar-refractivity contribution in [3.05, 3.63) is 39.4 Å². The van der Waals surface area contributed by atoms with E-state index in [1.54, 1.807) is 4.90 Å². The monoisotopic (exact) mass is 444 g/mol. The van der Waals surface area contributed by atoms with E-state index in [0.29, 0.717) is 32.4 Å². The summed E-state index contributed by atoms with van der Waals surface area (Å²) < 4.78 is 0. The number of hydrogen-bond donors (Lipinski definition) is 1. The van der Waals surface area contributed by atoms with Crippen molar-refractivity contribution in [2.45, 2.75) is 52.5 Å². The summed E-state index contributed by atoms with van der Waals surface area (Å²) >= 11 is 0. The number of benzene rings is 1. The van der Waals surface area contributed by atoms with E-state index in [1.807, 2.05) is 20.8 Å². The van der Waals surface area contributed by atoms with Crippen LogP contribution in [0, 0.1) is 15.5 Å². The van der Waals surface area contributed by atoms with E-state index in [9.17, 15) is 29.3 Å². The number of non-ortho nitro benzene ring substituents is 1. The first-order valence-electron chi connectivity index (χ1n) is 10.7. The number of carbonyl (C=O) groups is 4. The van der Waals surface area contributed by atoms with Crippen molar-refractivity contribution in [2.75, 3.05) is 19.6 Å². The Kier molecular flexibility index (Phi) is 6.61. The van der Waals surface area contributed by atoms with Crippen molar-refractivity contribution in [1.29, 1.82) is 0 Å². The van der Waals surface area contributed by atoms with Crippen molar-refractivity contribution in [3.8, 4) is 0 Å². The average molecular weight is 444 g/mol. The Labute approximate surface area is 186 Å². The molecule has 0 radical (unpaired) electrons. The second kappa shape index (κ2) is 9.05. The Morgan fingerprint density at radius 1 is 1.12 bits per heavy atom. The number of imide groups is 1. The molecule has 1 aromatic rings. The Balaban J connectivity index is 1.46. The number of fused-ring (bicyclic) bond motifs is 1. The van der Waals surface area contributed by atoms with Gasteiger partial charge in [0.05, 0.1) is 16.1 Å². The maximum Gasteiger partial charge on any atom is 0.270 e. The molecule has 0 spiro atoms. The van der Waals surface area contributed by atoms with Crippen LogP contribution in [0.1, 0.15) is 67.2 Å². The minimum atomic E-state index is -0.614. The van der Waals surface area contributed by atoms with Gasteiger partial charge in [-0.25, -0.2) is 0 Å². The molecule has 0 bridgehead atoms. The summed E-state index contributed by atoms with van der Waals surface area (Å²) in [6.07, 6.45) is 1.87. The lowest BCUT2D eigenvalue weighted by atomic mass is 9.94. The van der Waals surface area contributed by atoms with Crippen LogP contribution in [0.4, 0.5) is 5.69 Å². The van der Waals surface area contributed by atoms with Crippen LogP contribution < -0.4 is 5.32 Å². The Morgan fingerprint density at radius 3 is 2.34 bits per heavy atom. The number of hydrogen-bond acceptors (Lipinski definition) is 6. The SMILES string of the molecule is CC(C)(C)C(=O)NC1CCN(C(=O)CCCN2C(=O)c3ccc([N+](=O)[O-])cc3C2=O)CC1. The number of nitro benzene ring substituents is 1. The first kappa shape index (κ1) is 23.4. The number of nitro groups is 1. The minimum Gasteiger partial charge on any atom is -0.353 e. The van der Waals surface area contributed by atoms with Gasteiger partial charge in [-0.3, -0.25) is 34.2 Å². The molecule has 0 atom stereocenters. The zero-order valence-corrected chi connectivity index (χ0v) is 18.6. The maximum absolute atomic E-state index is 12.5. The highest BCUT2D eigenvalue weighted by Crippen LogP contribution is 2.27. The van der Waals surface area contributed by atoms with Gasteiger partial charge in [0.1, 0.15) is 0 Å². The fourth-order valence-electron chi connectivity index (χ4n) is 3.82. The summed E-state index contributed by atoms with van der Waals surface area (Å²) in [5.74, 6) is -1.13. The second-order valence-electron chi connectivity index (χ2n) is 9.23.